The SMILES string of the molecule is O=C(NC1=NCCCN1)C1CCN(c2ncnc3c2ncn3CC(NS(=O)(=O)CC(F)(F)F)C(=O)O)CC1. The number of carbonyl (C=O) groups is 2. The Morgan fingerprint density at radius 1 is 1.21 bits per heavy atom. The van der Waals surface area contributed by atoms with Crippen molar-refractivity contribution in [3.63, 3.8) is 0 Å². The lowest BCUT2D eigenvalue weighted by molar-refractivity contribution is -0.139. The van der Waals surface area contributed by atoms with Crippen LogP contribution in [0.3, 0.4) is 0 Å². The number of carboxylic acids is 1. The van der Waals surface area contributed by atoms with Crippen LogP contribution < -0.4 is 20.3 Å². The molecule has 1 atom stereocenters. The third-order valence-electron chi connectivity index (χ3n) is 6.04. The number of nitrogens with zero attached hydrogens (tertiary/aromatic N) is 6. The van der Waals surface area contributed by atoms with Crippen molar-refractivity contribution in [2.75, 3.05) is 36.8 Å². The minimum Gasteiger partial charge on any atom is -0.480 e. The molecule has 0 spiro atoms. The summed E-state index contributed by atoms with van der Waals surface area (Å²) in [6, 6.07) is -1.89. The number of anilines is 1. The maximum absolute atomic E-state index is 12.6. The second kappa shape index (κ2) is 11.1. The van der Waals surface area contributed by atoms with Gasteiger partial charge in [0, 0.05) is 32.1 Å². The van der Waals surface area contributed by atoms with Gasteiger partial charge < -0.3 is 19.9 Å². The maximum Gasteiger partial charge on any atom is 0.404 e. The van der Waals surface area contributed by atoms with Gasteiger partial charge in [-0.1, -0.05) is 0 Å². The molecule has 2 aliphatic heterocycles. The zero-order valence-corrected chi connectivity index (χ0v) is 20.8. The van der Waals surface area contributed by atoms with Crippen molar-refractivity contribution in [3.8, 4) is 0 Å². The number of amides is 1. The molecule has 0 saturated carbocycles. The number of guanidine groups is 1. The van der Waals surface area contributed by atoms with Gasteiger partial charge in [0.05, 0.1) is 12.9 Å². The minimum absolute atomic E-state index is 0.123. The summed E-state index contributed by atoms with van der Waals surface area (Å²) >= 11 is 0. The average Bonchev–Trinajstić information content (AvgIpc) is 3.25. The van der Waals surface area contributed by atoms with E-state index in [0.29, 0.717) is 49.8 Å². The lowest BCUT2D eigenvalue weighted by atomic mass is 9.96. The summed E-state index contributed by atoms with van der Waals surface area (Å²) in [5.74, 6) is -3.31. The molecule has 1 unspecified atom stereocenters. The van der Waals surface area contributed by atoms with Gasteiger partial charge in [0.25, 0.3) is 0 Å². The Labute approximate surface area is 214 Å². The van der Waals surface area contributed by atoms with E-state index in [4.69, 9.17) is 0 Å². The highest BCUT2D eigenvalue weighted by atomic mass is 32.2. The predicted molar refractivity (Wildman–Crippen MR) is 128 cm³/mol. The van der Waals surface area contributed by atoms with Crippen LogP contribution in [0.4, 0.5) is 19.0 Å². The van der Waals surface area contributed by atoms with Crippen LogP contribution in [-0.2, 0) is 26.2 Å². The van der Waals surface area contributed by atoms with Crippen LogP contribution >= 0.6 is 0 Å². The molecule has 1 fully saturated rings. The van der Waals surface area contributed by atoms with Gasteiger partial charge in [-0.25, -0.2) is 23.4 Å². The molecule has 38 heavy (non-hydrogen) atoms. The first-order valence-corrected chi connectivity index (χ1v) is 13.4. The molecule has 0 bridgehead atoms. The maximum atomic E-state index is 12.6. The van der Waals surface area contributed by atoms with Gasteiger partial charge in [0.2, 0.25) is 15.9 Å². The minimum atomic E-state index is -5.03. The molecule has 0 aliphatic carbocycles. The number of aliphatic carboxylic acids is 1. The van der Waals surface area contributed by atoms with Crippen molar-refractivity contribution < 1.29 is 36.3 Å². The topological polar surface area (TPSA) is 184 Å². The number of hydrogen-bond acceptors (Lipinski definition) is 10. The number of halogens is 3. The highest BCUT2D eigenvalue weighted by molar-refractivity contribution is 7.89. The molecular formula is C20H26F3N9O5S. The van der Waals surface area contributed by atoms with Crippen molar-refractivity contribution >= 4 is 44.8 Å². The van der Waals surface area contributed by atoms with Gasteiger partial charge in [0.1, 0.15) is 12.4 Å². The van der Waals surface area contributed by atoms with E-state index in [0.717, 1.165) is 13.0 Å². The Balaban J connectivity index is 1.44. The highest BCUT2D eigenvalue weighted by Crippen LogP contribution is 2.27. The number of aromatic nitrogens is 4. The van der Waals surface area contributed by atoms with Crippen LogP contribution in [0.1, 0.15) is 19.3 Å². The first-order valence-electron chi connectivity index (χ1n) is 11.7. The smallest absolute Gasteiger partial charge is 0.404 e. The zero-order valence-electron chi connectivity index (χ0n) is 20.0. The number of alkyl halides is 3. The van der Waals surface area contributed by atoms with Crippen molar-refractivity contribution in [1.29, 1.82) is 0 Å². The van der Waals surface area contributed by atoms with Crippen molar-refractivity contribution in [2.45, 2.75) is 38.0 Å². The molecule has 0 aromatic carbocycles. The van der Waals surface area contributed by atoms with Gasteiger partial charge in [-0.05, 0) is 19.3 Å². The molecular weight excluding hydrogens is 535 g/mol. The quantitative estimate of drug-likeness (QED) is 0.326. The Kier molecular flexibility index (Phi) is 8.00. The molecule has 2 aromatic rings. The molecule has 18 heteroatoms. The molecule has 4 N–H and O–H groups in total. The van der Waals surface area contributed by atoms with Gasteiger partial charge in [-0.2, -0.15) is 17.9 Å². The van der Waals surface area contributed by atoms with E-state index in [-0.39, 0.29) is 17.5 Å². The van der Waals surface area contributed by atoms with E-state index in [1.165, 1.54) is 17.2 Å². The van der Waals surface area contributed by atoms with E-state index >= 15 is 0 Å². The average molecular weight is 562 g/mol. The molecule has 2 aliphatic rings. The number of rotatable bonds is 8. The Bertz CT molecular complexity index is 1320. The normalized spacial score (nSPS) is 18.1. The van der Waals surface area contributed by atoms with Crippen molar-refractivity contribution in [2.24, 2.45) is 10.9 Å². The fraction of sp³-hybridized carbons (Fsp3) is 0.600. The second-order valence-electron chi connectivity index (χ2n) is 8.91. The standard InChI is InChI=1S/C20H26F3N9O5S/c21-20(22,23)9-38(36,37)30-13(18(34)35)8-32-11-28-14-15(26-10-27-16(14)32)31-6-2-12(3-7-31)17(33)29-19-24-4-1-5-25-19/h10-13,30H,1-9H2,(H,34,35)(H2,24,25,29,33). The van der Waals surface area contributed by atoms with Crippen molar-refractivity contribution in [1.82, 2.24) is 34.9 Å². The fourth-order valence-electron chi connectivity index (χ4n) is 4.26. The summed E-state index contributed by atoms with van der Waals surface area (Å²) in [5.41, 5.74) is 0.482. The van der Waals surface area contributed by atoms with E-state index in [9.17, 15) is 36.3 Å². The van der Waals surface area contributed by atoms with Crippen LogP contribution in [0.2, 0.25) is 0 Å². The summed E-state index contributed by atoms with van der Waals surface area (Å²) in [6.07, 6.45) is -0.611. The Morgan fingerprint density at radius 2 is 1.95 bits per heavy atom. The summed E-state index contributed by atoms with van der Waals surface area (Å²) in [4.78, 5) is 43.0. The largest absolute Gasteiger partial charge is 0.480 e. The first-order chi connectivity index (χ1) is 17.9. The monoisotopic (exact) mass is 561 g/mol. The Hall–Kier alpha value is -3.54. The number of aliphatic imine (C=N–C) groups is 1. The number of nitrogens with one attached hydrogen (secondary N) is 3. The fourth-order valence-corrected chi connectivity index (χ4v) is 5.38. The summed E-state index contributed by atoms with van der Waals surface area (Å²) in [6.45, 7) is 1.81. The number of hydrogen-bond donors (Lipinski definition) is 4. The number of fused-ring (bicyclic) bond motifs is 1. The molecule has 4 rings (SSSR count). The van der Waals surface area contributed by atoms with Crippen LogP contribution in [0.15, 0.2) is 17.6 Å². The van der Waals surface area contributed by atoms with Gasteiger partial charge >= 0.3 is 12.1 Å². The number of carbonyl (C=O) groups excluding carboxylic acids is 1. The van der Waals surface area contributed by atoms with Gasteiger partial charge in [-0.15, -0.1) is 0 Å². The highest BCUT2D eigenvalue weighted by Gasteiger charge is 2.37. The zero-order chi connectivity index (χ0) is 27.5. The van der Waals surface area contributed by atoms with Crippen LogP contribution in [0.25, 0.3) is 11.2 Å². The van der Waals surface area contributed by atoms with Crippen molar-refractivity contribution in [3.05, 3.63) is 12.7 Å². The summed E-state index contributed by atoms with van der Waals surface area (Å²) in [5, 5.41) is 15.3. The molecule has 14 nitrogen and oxygen atoms in total. The van der Waals surface area contributed by atoms with E-state index in [1.807, 2.05) is 4.90 Å². The van der Waals surface area contributed by atoms with E-state index in [1.54, 1.807) is 4.72 Å². The molecule has 208 valence electrons. The van der Waals surface area contributed by atoms with Crippen LogP contribution in [0.5, 0.6) is 0 Å². The first kappa shape index (κ1) is 27.5. The summed E-state index contributed by atoms with van der Waals surface area (Å²) in [7, 11) is -4.96. The lowest BCUT2D eigenvalue weighted by Gasteiger charge is -2.32. The molecule has 1 saturated heterocycles. The third-order valence-corrected chi connectivity index (χ3v) is 7.39. The third kappa shape index (κ3) is 6.85. The molecule has 2 aromatic heterocycles. The van der Waals surface area contributed by atoms with E-state index < -0.39 is 40.5 Å². The van der Waals surface area contributed by atoms with Crippen LogP contribution in [-0.4, -0.2) is 95.0 Å². The van der Waals surface area contributed by atoms with Gasteiger partial charge in [-0.3, -0.25) is 19.9 Å². The number of piperidine rings is 1. The number of carboxylic acid groups (broad SMARTS) is 1. The molecule has 4 heterocycles. The lowest BCUT2D eigenvalue weighted by Crippen LogP contribution is -2.48. The molecule has 0 radical (unpaired) electrons. The Morgan fingerprint density at radius 3 is 2.58 bits per heavy atom. The number of imidazole rings is 1. The number of sulfonamides is 1. The van der Waals surface area contributed by atoms with Gasteiger partial charge in [0.15, 0.2) is 28.7 Å². The van der Waals surface area contributed by atoms with Crippen LogP contribution in [0, 0.1) is 5.92 Å². The summed E-state index contributed by atoms with van der Waals surface area (Å²) < 4.78 is 64.1. The molecule has 1 amide bonds. The predicted octanol–water partition coefficient (Wildman–Crippen LogP) is -0.557. The second-order valence-corrected chi connectivity index (χ2v) is 10.7. The van der Waals surface area contributed by atoms with E-state index in [2.05, 4.69) is 30.6 Å².